The van der Waals surface area contributed by atoms with Crippen LogP contribution in [0.15, 0.2) is 58.5 Å². The van der Waals surface area contributed by atoms with Crippen LogP contribution in [0.5, 0.6) is 5.75 Å². The zero-order chi connectivity index (χ0) is 18.5. The Kier molecular flexibility index (Phi) is 5.38. The highest BCUT2D eigenvalue weighted by Crippen LogP contribution is 2.29. The van der Waals surface area contributed by atoms with Crippen molar-refractivity contribution in [3.8, 4) is 16.2 Å². The number of ether oxygens (including phenoxy) is 2. The molecule has 0 fully saturated rings. The van der Waals surface area contributed by atoms with E-state index in [-0.39, 0.29) is 5.76 Å². The Morgan fingerprint density at radius 2 is 1.96 bits per heavy atom. The van der Waals surface area contributed by atoms with Crippen LogP contribution in [0.2, 0.25) is 0 Å². The number of hydrogen-bond donors (Lipinski definition) is 1. The van der Waals surface area contributed by atoms with Crippen molar-refractivity contribution in [3.63, 3.8) is 0 Å². The first kappa shape index (κ1) is 17.8. The minimum atomic E-state index is -1.01. The van der Waals surface area contributed by atoms with Gasteiger partial charge >= 0.3 is 5.97 Å². The van der Waals surface area contributed by atoms with Gasteiger partial charge in [-0.3, -0.25) is 4.79 Å². The largest absolute Gasteiger partial charge is 0.495 e. The molecule has 0 saturated heterocycles. The van der Waals surface area contributed by atoms with Crippen LogP contribution in [-0.4, -0.2) is 25.1 Å². The molecule has 1 atom stereocenters. The van der Waals surface area contributed by atoms with Crippen LogP contribution in [-0.2, 0) is 9.53 Å². The number of rotatable bonds is 6. The number of para-hydroxylation sites is 2. The average molecular weight is 371 g/mol. The Labute approximate surface area is 154 Å². The molecule has 7 heteroatoms. The minimum absolute atomic E-state index is 0.0735. The number of methoxy groups -OCH3 is 1. The molecule has 0 spiro atoms. The van der Waals surface area contributed by atoms with Crippen LogP contribution in [0.1, 0.15) is 17.5 Å². The predicted molar refractivity (Wildman–Crippen MR) is 98.5 cm³/mol. The molecule has 3 aromatic rings. The maximum atomic E-state index is 12.4. The fourth-order valence-electron chi connectivity index (χ4n) is 2.34. The van der Waals surface area contributed by atoms with Gasteiger partial charge in [-0.25, -0.2) is 4.79 Å². The molecule has 0 saturated carbocycles. The van der Waals surface area contributed by atoms with E-state index in [2.05, 4.69) is 5.32 Å². The number of nitrogens with one attached hydrogen (secondary N) is 1. The quantitative estimate of drug-likeness (QED) is 0.657. The average Bonchev–Trinajstić information content (AvgIpc) is 3.33. The van der Waals surface area contributed by atoms with Crippen molar-refractivity contribution in [2.75, 3.05) is 12.4 Å². The fraction of sp³-hybridized carbons (Fsp3) is 0.158. The maximum Gasteiger partial charge on any atom is 0.375 e. The molecule has 26 heavy (non-hydrogen) atoms. The first-order valence-electron chi connectivity index (χ1n) is 7.86. The third-order valence-electron chi connectivity index (χ3n) is 3.66. The molecule has 0 aliphatic rings. The lowest BCUT2D eigenvalue weighted by molar-refractivity contribution is -0.123. The van der Waals surface area contributed by atoms with Crippen molar-refractivity contribution in [2.45, 2.75) is 13.0 Å². The number of hydrogen-bond acceptors (Lipinski definition) is 6. The molecule has 134 valence electrons. The molecule has 2 aromatic heterocycles. The fourth-order valence-corrected chi connectivity index (χ4v) is 3.09. The van der Waals surface area contributed by atoms with Crippen molar-refractivity contribution >= 4 is 28.9 Å². The van der Waals surface area contributed by atoms with E-state index in [1.54, 1.807) is 30.3 Å². The van der Waals surface area contributed by atoms with E-state index in [0.717, 1.165) is 4.88 Å². The molecule has 0 bridgehead atoms. The van der Waals surface area contributed by atoms with Crippen molar-refractivity contribution in [1.82, 2.24) is 0 Å². The lowest BCUT2D eigenvalue weighted by atomic mass is 10.2. The number of anilines is 1. The van der Waals surface area contributed by atoms with Crippen LogP contribution in [0.4, 0.5) is 5.69 Å². The second-order valence-corrected chi connectivity index (χ2v) is 6.33. The smallest absolute Gasteiger partial charge is 0.375 e. The van der Waals surface area contributed by atoms with Gasteiger partial charge in [-0.2, -0.15) is 0 Å². The normalized spacial score (nSPS) is 11.6. The van der Waals surface area contributed by atoms with Crippen molar-refractivity contribution in [2.24, 2.45) is 0 Å². The summed E-state index contributed by atoms with van der Waals surface area (Å²) in [5, 5.41) is 4.59. The SMILES string of the molecule is COc1ccccc1NC(=O)[C@H](C)OC(=O)c1occc1-c1cccs1. The highest BCUT2D eigenvalue weighted by atomic mass is 32.1. The zero-order valence-corrected chi connectivity index (χ0v) is 15.0. The van der Waals surface area contributed by atoms with Crippen molar-refractivity contribution < 1.29 is 23.5 Å². The van der Waals surface area contributed by atoms with Gasteiger partial charge in [0.05, 0.1) is 19.1 Å². The molecule has 3 rings (SSSR count). The number of carbonyl (C=O) groups excluding carboxylic acids is 2. The molecule has 0 unspecified atom stereocenters. The summed E-state index contributed by atoms with van der Waals surface area (Å²) in [4.78, 5) is 25.6. The van der Waals surface area contributed by atoms with Crippen LogP contribution in [0.3, 0.4) is 0 Å². The second-order valence-electron chi connectivity index (χ2n) is 5.38. The van der Waals surface area contributed by atoms with E-state index in [1.807, 2.05) is 17.5 Å². The topological polar surface area (TPSA) is 77.8 Å². The summed E-state index contributed by atoms with van der Waals surface area (Å²) in [5.74, 6) is -0.567. The van der Waals surface area contributed by atoms with Crippen molar-refractivity contribution in [3.05, 3.63) is 59.9 Å². The molecule has 0 aliphatic heterocycles. The first-order valence-corrected chi connectivity index (χ1v) is 8.74. The van der Waals surface area contributed by atoms with Gasteiger partial charge in [0.2, 0.25) is 5.76 Å². The third kappa shape index (κ3) is 3.78. The van der Waals surface area contributed by atoms with Crippen LogP contribution < -0.4 is 10.1 Å². The van der Waals surface area contributed by atoms with Gasteiger partial charge < -0.3 is 19.2 Å². The van der Waals surface area contributed by atoms with E-state index in [1.165, 1.54) is 31.6 Å². The highest BCUT2D eigenvalue weighted by molar-refractivity contribution is 7.13. The molecule has 1 aromatic carbocycles. The number of furan rings is 1. The minimum Gasteiger partial charge on any atom is -0.495 e. The lowest BCUT2D eigenvalue weighted by Crippen LogP contribution is -2.30. The summed E-state index contributed by atoms with van der Waals surface area (Å²) in [6, 6.07) is 12.4. The van der Waals surface area contributed by atoms with E-state index in [4.69, 9.17) is 13.9 Å². The Morgan fingerprint density at radius 1 is 1.15 bits per heavy atom. The van der Waals surface area contributed by atoms with E-state index >= 15 is 0 Å². The van der Waals surface area contributed by atoms with Gasteiger partial charge in [0.25, 0.3) is 5.91 Å². The van der Waals surface area contributed by atoms with E-state index in [0.29, 0.717) is 17.0 Å². The van der Waals surface area contributed by atoms with Crippen LogP contribution in [0, 0.1) is 0 Å². The summed E-state index contributed by atoms with van der Waals surface area (Å²) in [7, 11) is 1.51. The number of carbonyl (C=O) groups is 2. The number of amides is 1. The van der Waals surface area contributed by atoms with Gasteiger partial charge in [0, 0.05) is 10.4 Å². The van der Waals surface area contributed by atoms with Crippen LogP contribution in [0.25, 0.3) is 10.4 Å². The van der Waals surface area contributed by atoms with Gasteiger partial charge in [-0.15, -0.1) is 11.3 Å². The molecule has 1 amide bonds. The van der Waals surface area contributed by atoms with E-state index < -0.39 is 18.0 Å². The van der Waals surface area contributed by atoms with Gasteiger partial charge in [0.1, 0.15) is 5.75 Å². The molecular formula is C19H17NO5S. The Hall–Kier alpha value is -3.06. The summed E-state index contributed by atoms with van der Waals surface area (Å²) < 4.78 is 15.7. The zero-order valence-electron chi connectivity index (χ0n) is 14.2. The molecule has 6 nitrogen and oxygen atoms in total. The molecular weight excluding hydrogens is 354 g/mol. The Morgan fingerprint density at radius 3 is 2.69 bits per heavy atom. The second kappa shape index (κ2) is 7.88. The number of benzene rings is 1. The van der Waals surface area contributed by atoms with Gasteiger partial charge in [-0.1, -0.05) is 18.2 Å². The maximum absolute atomic E-state index is 12.4. The van der Waals surface area contributed by atoms with Crippen LogP contribution >= 0.6 is 11.3 Å². The standard InChI is InChI=1S/C19H17NO5S/c1-12(18(21)20-14-6-3-4-7-15(14)23-2)25-19(22)17-13(9-10-24-17)16-8-5-11-26-16/h3-12H,1-2H3,(H,20,21)/t12-/m0/s1. The number of thiophene rings is 1. The molecule has 0 aliphatic carbocycles. The van der Waals surface area contributed by atoms with E-state index in [9.17, 15) is 9.59 Å². The highest BCUT2D eigenvalue weighted by Gasteiger charge is 2.24. The summed E-state index contributed by atoms with van der Waals surface area (Å²) in [6.45, 7) is 1.50. The summed E-state index contributed by atoms with van der Waals surface area (Å²) >= 11 is 1.48. The number of esters is 1. The van der Waals surface area contributed by atoms with Crippen molar-refractivity contribution in [1.29, 1.82) is 0 Å². The summed E-state index contributed by atoms with van der Waals surface area (Å²) in [5.41, 5.74) is 1.14. The first-order chi connectivity index (χ1) is 12.6. The summed E-state index contributed by atoms with van der Waals surface area (Å²) in [6.07, 6.45) is 0.416. The molecule has 2 heterocycles. The van der Waals surface area contributed by atoms with Gasteiger partial charge in [0.15, 0.2) is 6.10 Å². The Bertz CT molecular complexity index is 900. The molecule has 1 N–H and O–H groups in total. The molecule has 0 radical (unpaired) electrons. The monoisotopic (exact) mass is 371 g/mol. The predicted octanol–water partition coefficient (Wildman–Crippen LogP) is 4.20. The Balaban J connectivity index is 1.68. The lowest BCUT2D eigenvalue weighted by Gasteiger charge is -2.14. The van der Waals surface area contributed by atoms with Gasteiger partial charge in [-0.05, 0) is 36.6 Å². The third-order valence-corrected chi connectivity index (χ3v) is 4.56.